The highest BCUT2D eigenvalue weighted by atomic mass is 35.5. The zero-order valence-electron chi connectivity index (χ0n) is 18.0. The van der Waals surface area contributed by atoms with Crippen molar-refractivity contribution in [2.24, 2.45) is 5.10 Å². The Balaban J connectivity index is 1.64. The van der Waals surface area contributed by atoms with Gasteiger partial charge in [-0.05, 0) is 66.6 Å². The third-order valence-electron chi connectivity index (χ3n) is 4.32. The number of hydrogen-bond acceptors (Lipinski definition) is 5. The maximum Gasteiger partial charge on any atom is 0.329 e. The van der Waals surface area contributed by atoms with Crippen LogP contribution < -0.4 is 20.2 Å². The molecule has 0 aromatic heterocycles. The summed E-state index contributed by atoms with van der Waals surface area (Å²) in [6, 6.07) is 15.4. The minimum atomic E-state index is -1.00. The molecule has 3 aromatic rings. The van der Waals surface area contributed by atoms with Gasteiger partial charge in [0.05, 0.1) is 17.8 Å². The van der Waals surface area contributed by atoms with Crippen LogP contribution in [0.4, 0.5) is 10.1 Å². The predicted octanol–water partition coefficient (Wildman–Crippen LogP) is 5.20. The number of carbonyl (C=O) groups excluding carboxylic acids is 2. The maximum atomic E-state index is 12.9. The summed E-state index contributed by atoms with van der Waals surface area (Å²) in [4.78, 5) is 23.9. The van der Waals surface area contributed by atoms with Crippen molar-refractivity contribution < 1.29 is 23.5 Å². The molecule has 0 radical (unpaired) electrons. The molecule has 176 valence electrons. The second-order valence-electron chi connectivity index (χ2n) is 6.84. The van der Waals surface area contributed by atoms with Gasteiger partial charge in [-0.3, -0.25) is 9.59 Å². The van der Waals surface area contributed by atoms with Crippen LogP contribution in [0.5, 0.6) is 11.5 Å². The van der Waals surface area contributed by atoms with Gasteiger partial charge in [0.25, 0.3) is 0 Å². The number of nitrogens with zero attached hydrogens (tertiary/aromatic N) is 1. The van der Waals surface area contributed by atoms with Gasteiger partial charge in [-0.25, -0.2) is 9.82 Å². The quantitative estimate of drug-likeness (QED) is 0.251. The topological polar surface area (TPSA) is 89.0 Å². The van der Waals surface area contributed by atoms with Gasteiger partial charge in [-0.2, -0.15) is 5.10 Å². The third-order valence-corrected chi connectivity index (χ3v) is 4.85. The highest BCUT2D eigenvalue weighted by Gasteiger charge is 2.14. The van der Waals surface area contributed by atoms with Gasteiger partial charge in [0.15, 0.2) is 11.5 Å². The number of rotatable bonds is 8. The molecule has 0 aliphatic rings. The van der Waals surface area contributed by atoms with Crippen LogP contribution in [0.25, 0.3) is 0 Å². The first kappa shape index (κ1) is 25.0. The van der Waals surface area contributed by atoms with Crippen LogP contribution in [0.1, 0.15) is 18.1 Å². The Labute approximate surface area is 205 Å². The van der Waals surface area contributed by atoms with Crippen LogP contribution in [0.2, 0.25) is 10.0 Å². The molecule has 34 heavy (non-hydrogen) atoms. The van der Waals surface area contributed by atoms with Crippen molar-refractivity contribution in [2.45, 2.75) is 13.5 Å². The molecule has 0 fully saturated rings. The minimum absolute atomic E-state index is 0.254. The van der Waals surface area contributed by atoms with Crippen molar-refractivity contribution in [1.29, 1.82) is 0 Å². The van der Waals surface area contributed by atoms with Gasteiger partial charge < -0.3 is 14.8 Å². The molecular formula is C24H20Cl2FN3O4. The van der Waals surface area contributed by atoms with E-state index in [0.29, 0.717) is 28.7 Å². The fourth-order valence-corrected chi connectivity index (χ4v) is 3.14. The molecule has 0 atom stereocenters. The summed E-state index contributed by atoms with van der Waals surface area (Å²) < 4.78 is 24.4. The van der Waals surface area contributed by atoms with Gasteiger partial charge in [0, 0.05) is 10.7 Å². The molecule has 0 saturated heterocycles. The van der Waals surface area contributed by atoms with Crippen LogP contribution in [0.15, 0.2) is 65.8 Å². The lowest BCUT2D eigenvalue weighted by atomic mass is 10.2. The summed E-state index contributed by atoms with van der Waals surface area (Å²) in [5.74, 6) is -1.66. The molecule has 0 spiro atoms. The van der Waals surface area contributed by atoms with Gasteiger partial charge in [0.1, 0.15) is 12.4 Å². The van der Waals surface area contributed by atoms with E-state index in [1.165, 1.54) is 18.3 Å². The number of benzene rings is 3. The molecule has 10 heteroatoms. The highest BCUT2D eigenvalue weighted by Crippen LogP contribution is 2.37. The molecular weight excluding hydrogens is 484 g/mol. The number of hydrazone groups is 1. The normalized spacial score (nSPS) is 10.7. The monoisotopic (exact) mass is 503 g/mol. The van der Waals surface area contributed by atoms with Crippen molar-refractivity contribution in [3.63, 3.8) is 0 Å². The summed E-state index contributed by atoms with van der Waals surface area (Å²) in [6.45, 7) is 2.44. The van der Waals surface area contributed by atoms with E-state index in [2.05, 4.69) is 15.8 Å². The number of anilines is 1. The Bertz CT molecular complexity index is 1190. The minimum Gasteiger partial charge on any atom is -0.490 e. The molecule has 2 N–H and O–H groups in total. The van der Waals surface area contributed by atoms with Crippen molar-refractivity contribution in [3.05, 3.63) is 87.7 Å². The molecule has 0 heterocycles. The van der Waals surface area contributed by atoms with Gasteiger partial charge in [-0.1, -0.05) is 35.3 Å². The van der Waals surface area contributed by atoms with E-state index < -0.39 is 17.6 Å². The Morgan fingerprint density at radius 1 is 1.00 bits per heavy atom. The second kappa shape index (κ2) is 12.0. The van der Waals surface area contributed by atoms with Gasteiger partial charge >= 0.3 is 11.8 Å². The first-order valence-corrected chi connectivity index (χ1v) is 10.8. The summed E-state index contributed by atoms with van der Waals surface area (Å²) >= 11 is 12.3. The van der Waals surface area contributed by atoms with Gasteiger partial charge in [-0.15, -0.1) is 0 Å². The van der Waals surface area contributed by atoms with E-state index in [1.807, 2.05) is 19.1 Å². The van der Waals surface area contributed by atoms with Crippen LogP contribution in [0, 0.1) is 5.82 Å². The predicted molar refractivity (Wildman–Crippen MR) is 129 cm³/mol. The summed E-state index contributed by atoms with van der Waals surface area (Å²) in [6.07, 6.45) is 1.31. The number of ether oxygens (including phenoxy) is 2. The SMILES string of the molecule is CCOc1cc(/C=N\NC(=O)C(=O)Nc2ccc(F)cc2)cc(Cl)c1OCc1ccc(Cl)cc1. The standard InChI is InChI=1S/C24H20Cl2FN3O4/c1-2-33-21-12-16(11-20(26)22(21)34-14-15-3-5-17(25)6-4-15)13-28-30-24(32)23(31)29-19-9-7-18(27)8-10-19/h3-13H,2,14H2,1H3,(H,29,31)(H,30,32)/b28-13-. The van der Waals surface area contributed by atoms with Crippen molar-refractivity contribution >= 4 is 46.9 Å². The van der Waals surface area contributed by atoms with Crippen molar-refractivity contribution in [2.75, 3.05) is 11.9 Å². The molecule has 3 rings (SSSR count). The molecule has 7 nitrogen and oxygen atoms in total. The number of carbonyl (C=O) groups is 2. The first-order valence-electron chi connectivity index (χ1n) is 10.1. The molecule has 0 saturated carbocycles. The van der Waals surface area contributed by atoms with E-state index in [9.17, 15) is 14.0 Å². The summed E-state index contributed by atoms with van der Waals surface area (Å²) in [5.41, 5.74) is 3.79. The highest BCUT2D eigenvalue weighted by molar-refractivity contribution is 6.39. The Hall–Kier alpha value is -3.62. The number of hydrogen-bond donors (Lipinski definition) is 2. The van der Waals surface area contributed by atoms with Crippen molar-refractivity contribution in [3.8, 4) is 11.5 Å². The number of halogens is 3. The smallest absolute Gasteiger partial charge is 0.329 e. The maximum absolute atomic E-state index is 12.9. The average Bonchev–Trinajstić information content (AvgIpc) is 2.81. The van der Waals surface area contributed by atoms with Crippen LogP contribution in [0.3, 0.4) is 0 Å². The van der Waals surface area contributed by atoms with Crippen LogP contribution in [-0.2, 0) is 16.2 Å². The summed E-state index contributed by atoms with van der Waals surface area (Å²) in [7, 11) is 0. The fourth-order valence-electron chi connectivity index (χ4n) is 2.74. The van der Waals surface area contributed by atoms with E-state index in [-0.39, 0.29) is 17.3 Å². The van der Waals surface area contributed by atoms with Gasteiger partial charge in [0.2, 0.25) is 0 Å². The number of amides is 2. The molecule has 0 unspecified atom stereocenters. The Kier molecular flexibility index (Phi) is 8.84. The first-order chi connectivity index (χ1) is 16.4. The van der Waals surface area contributed by atoms with Crippen LogP contribution in [-0.4, -0.2) is 24.6 Å². The number of nitrogens with one attached hydrogen (secondary N) is 2. The molecule has 0 aliphatic heterocycles. The van der Waals surface area contributed by atoms with E-state index in [4.69, 9.17) is 32.7 Å². The summed E-state index contributed by atoms with van der Waals surface area (Å²) in [5, 5.41) is 7.02. The molecule has 0 bridgehead atoms. The molecule has 0 aliphatic carbocycles. The molecule has 3 aromatic carbocycles. The van der Waals surface area contributed by atoms with Crippen molar-refractivity contribution in [1.82, 2.24) is 5.43 Å². The lowest BCUT2D eigenvalue weighted by molar-refractivity contribution is -0.136. The van der Waals surface area contributed by atoms with E-state index in [1.54, 1.807) is 24.3 Å². The zero-order chi connectivity index (χ0) is 24.5. The Morgan fingerprint density at radius 2 is 1.71 bits per heavy atom. The lowest BCUT2D eigenvalue weighted by Crippen LogP contribution is -2.32. The average molecular weight is 504 g/mol. The lowest BCUT2D eigenvalue weighted by Gasteiger charge is -2.14. The Morgan fingerprint density at radius 3 is 2.38 bits per heavy atom. The largest absolute Gasteiger partial charge is 0.490 e. The second-order valence-corrected chi connectivity index (χ2v) is 7.68. The zero-order valence-corrected chi connectivity index (χ0v) is 19.5. The van der Waals surface area contributed by atoms with E-state index >= 15 is 0 Å². The van der Waals surface area contributed by atoms with Crippen LogP contribution >= 0.6 is 23.2 Å². The molecule has 2 amide bonds. The fraction of sp³-hybridized carbons (Fsp3) is 0.125. The van der Waals surface area contributed by atoms with E-state index in [0.717, 1.165) is 17.7 Å². The third kappa shape index (κ3) is 7.19.